The third kappa shape index (κ3) is 4.78. The van der Waals surface area contributed by atoms with Crippen molar-refractivity contribution in [2.45, 2.75) is 12.6 Å². The number of hydrogen-bond acceptors (Lipinski definition) is 2. The first-order chi connectivity index (χ1) is 12.2. The van der Waals surface area contributed by atoms with E-state index < -0.39 is 0 Å². The van der Waals surface area contributed by atoms with Crippen molar-refractivity contribution in [1.82, 2.24) is 5.32 Å². The fraction of sp³-hybridized carbons (Fsp3) is 0.150. The number of halogens is 1. The quantitative estimate of drug-likeness (QED) is 0.694. The molecule has 0 aliphatic rings. The number of hydrogen-bond donors (Lipinski definition) is 2. The second kappa shape index (κ2) is 8.26. The average molecular weight is 339 g/mol. The predicted octanol–water partition coefficient (Wildman–Crippen LogP) is 2.39. The first kappa shape index (κ1) is 16.9. The molecule has 0 saturated carbocycles. The molecular formula is C20H20FN2O2+. The molecule has 1 heterocycles. The Morgan fingerprint density at radius 1 is 1.04 bits per heavy atom. The van der Waals surface area contributed by atoms with Gasteiger partial charge in [0.25, 0.3) is 5.91 Å². The second-order valence-corrected chi connectivity index (χ2v) is 5.75. The van der Waals surface area contributed by atoms with Gasteiger partial charge >= 0.3 is 0 Å². The largest absolute Gasteiger partial charge is 0.463 e. The minimum atomic E-state index is -0.285. The Morgan fingerprint density at radius 2 is 1.80 bits per heavy atom. The van der Waals surface area contributed by atoms with E-state index in [1.165, 1.54) is 12.1 Å². The van der Waals surface area contributed by atoms with Crippen molar-refractivity contribution in [2.75, 3.05) is 6.54 Å². The van der Waals surface area contributed by atoms with Crippen LogP contribution in [0.2, 0.25) is 0 Å². The lowest BCUT2D eigenvalue weighted by molar-refractivity contribution is -0.678. The van der Waals surface area contributed by atoms with E-state index in [9.17, 15) is 9.18 Å². The van der Waals surface area contributed by atoms with Crippen LogP contribution in [0.3, 0.4) is 0 Å². The highest BCUT2D eigenvalue weighted by Gasteiger charge is 2.21. The Balaban J connectivity index is 1.57. The number of nitrogens with two attached hydrogens (primary N) is 1. The molecule has 25 heavy (non-hydrogen) atoms. The number of quaternary nitrogens is 1. The van der Waals surface area contributed by atoms with Crippen molar-refractivity contribution in [1.29, 1.82) is 0 Å². The van der Waals surface area contributed by atoms with Gasteiger partial charge in [0, 0.05) is 12.1 Å². The smallest absolute Gasteiger partial charge is 0.275 e. The van der Waals surface area contributed by atoms with Gasteiger partial charge in [0.05, 0.1) is 6.26 Å². The van der Waals surface area contributed by atoms with Crippen LogP contribution in [0.5, 0.6) is 0 Å². The number of carbonyl (C=O) groups is 1. The van der Waals surface area contributed by atoms with Crippen molar-refractivity contribution in [3.63, 3.8) is 0 Å². The third-order valence-electron chi connectivity index (χ3n) is 3.95. The fourth-order valence-electron chi connectivity index (χ4n) is 2.65. The number of nitrogens with one attached hydrogen (secondary N) is 1. The van der Waals surface area contributed by atoms with E-state index in [0.29, 0.717) is 6.54 Å². The van der Waals surface area contributed by atoms with Crippen molar-refractivity contribution in [3.05, 3.63) is 95.7 Å². The van der Waals surface area contributed by atoms with E-state index >= 15 is 0 Å². The van der Waals surface area contributed by atoms with Gasteiger partial charge in [-0.05, 0) is 29.8 Å². The predicted molar refractivity (Wildman–Crippen MR) is 92.0 cm³/mol. The van der Waals surface area contributed by atoms with E-state index in [1.807, 2.05) is 47.8 Å². The van der Waals surface area contributed by atoms with Gasteiger partial charge in [0.1, 0.15) is 5.82 Å². The zero-order valence-electron chi connectivity index (χ0n) is 13.7. The van der Waals surface area contributed by atoms with Gasteiger partial charge in [-0.2, -0.15) is 0 Å². The van der Waals surface area contributed by atoms with Crippen molar-refractivity contribution in [3.8, 4) is 0 Å². The zero-order valence-corrected chi connectivity index (χ0v) is 13.7. The van der Waals surface area contributed by atoms with Crippen LogP contribution >= 0.6 is 0 Å². The van der Waals surface area contributed by atoms with Crippen LogP contribution in [0, 0.1) is 5.82 Å². The number of rotatable bonds is 7. The first-order valence-corrected chi connectivity index (χ1v) is 8.15. The lowest BCUT2D eigenvalue weighted by atomic mass is 10.0. The molecule has 0 radical (unpaired) electrons. The van der Waals surface area contributed by atoms with Crippen LogP contribution in [0.1, 0.15) is 22.9 Å². The van der Waals surface area contributed by atoms with Crippen LogP contribution in [0.4, 0.5) is 4.39 Å². The highest BCUT2D eigenvalue weighted by molar-refractivity contribution is 5.76. The highest BCUT2D eigenvalue weighted by atomic mass is 19.1. The topological polar surface area (TPSA) is 58.9 Å². The summed E-state index contributed by atoms with van der Waals surface area (Å²) < 4.78 is 18.4. The molecule has 0 unspecified atom stereocenters. The first-order valence-electron chi connectivity index (χ1n) is 8.15. The fourth-order valence-corrected chi connectivity index (χ4v) is 2.65. The van der Waals surface area contributed by atoms with Crippen LogP contribution in [-0.2, 0) is 11.3 Å². The van der Waals surface area contributed by atoms with Gasteiger partial charge in [0.15, 0.2) is 18.3 Å². The molecule has 2 aromatic carbocycles. The summed E-state index contributed by atoms with van der Waals surface area (Å²) in [5.41, 5.74) is 1.93. The van der Waals surface area contributed by atoms with Crippen molar-refractivity contribution in [2.24, 2.45) is 0 Å². The summed E-state index contributed by atoms with van der Waals surface area (Å²) in [6, 6.07) is 19.7. The van der Waals surface area contributed by atoms with Crippen LogP contribution in [0.15, 0.2) is 77.4 Å². The van der Waals surface area contributed by atoms with E-state index in [4.69, 9.17) is 4.42 Å². The summed E-state index contributed by atoms with van der Waals surface area (Å²) in [6.45, 7) is 0.644. The molecule has 0 fully saturated rings. The normalized spacial score (nSPS) is 11.9. The summed E-state index contributed by atoms with van der Waals surface area (Å²) in [7, 11) is 0. The number of furan rings is 1. The van der Waals surface area contributed by atoms with Crippen LogP contribution in [-0.4, -0.2) is 12.5 Å². The maximum Gasteiger partial charge on any atom is 0.275 e. The van der Waals surface area contributed by atoms with Gasteiger partial charge in [-0.25, -0.2) is 4.39 Å². The SMILES string of the molecule is O=C(C[NH2+][C@@H](c1ccccc1)c1ccco1)NCc1ccc(F)cc1. The molecule has 0 bridgehead atoms. The summed E-state index contributed by atoms with van der Waals surface area (Å²) >= 11 is 0. The molecular weight excluding hydrogens is 319 g/mol. The van der Waals surface area contributed by atoms with E-state index in [1.54, 1.807) is 18.4 Å². The van der Waals surface area contributed by atoms with Crippen molar-refractivity contribution < 1.29 is 18.9 Å². The van der Waals surface area contributed by atoms with Gasteiger partial charge in [-0.15, -0.1) is 0 Å². The molecule has 3 N–H and O–H groups in total. The molecule has 0 aliphatic heterocycles. The van der Waals surface area contributed by atoms with Gasteiger partial charge < -0.3 is 15.1 Å². The van der Waals surface area contributed by atoms with Gasteiger partial charge in [-0.3, -0.25) is 4.79 Å². The molecule has 4 nitrogen and oxygen atoms in total. The minimum absolute atomic E-state index is 0.0761. The molecule has 3 rings (SSSR count). The maximum absolute atomic E-state index is 12.9. The Hall–Kier alpha value is -2.92. The molecule has 128 valence electrons. The lowest BCUT2D eigenvalue weighted by Gasteiger charge is -2.14. The standard InChI is InChI=1S/C20H19FN2O2/c21-17-10-8-15(9-11-17)13-22-19(24)14-23-20(18-7-4-12-25-18)16-5-2-1-3-6-16/h1-12,20,23H,13-14H2,(H,22,24)/p+1/t20-/m0/s1. The highest BCUT2D eigenvalue weighted by Crippen LogP contribution is 2.18. The lowest BCUT2D eigenvalue weighted by Crippen LogP contribution is -2.87. The molecule has 0 saturated heterocycles. The minimum Gasteiger partial charge on any atom is -0.463 e. The Kier molecular flexibility index (Phi) is 5.59. The van der Waals surface area contributed by atoms with E-state index in [2.05, 4.69) is 5.32 Å². The second-order valence-electron chi connectivity index (χ2n) is 5.75. The molecule has 0 aliphatic carbocycles. The van der Waals surface area contributed by atoms with Crippen LogP contribution < -0.4 is 10.6 Å². The number of benzene rings is 2. The monoisotopic (exact) mass is 339 g/mol. The number of amides is 1. The molecule has 1 amide bonds. The van der Waals surface area contributed by atoms with Gasteiger partial charge in [0.2, 0.25) is 0 Å². The van der Waals surface area contributed by atoms with E-state index in [0.717, 1.165) is 16.9 Å². The van der Waals surface area contributed by atoms with E-state index in [-0.39, 0.29) is 24.3 Å². The number of carbonyl (C=O) groups excluding carboxylic acids is 1. The maximum atomic E-state index is 12.9. The zero-order chi connectivity index (χ0) is 17.5. The Labute approximate surface area is 145 Å². The third-order valence-corrected chi connectivity index (χ3v) is 3.95. The molecule has 3 aromatic rings. The summed E-state index contributed by atoms with van der Waals surface area (Å²) in [6.07, 6.45) is 1.63. The van der Waals surface area contributed by atoms with Crippen LogP contribution in [0.25, 0.3) is 0 Å². The Bertz CT molecular complexity index is 786. The molecule has 1 aromatic heterocycles. The molecule has 1 atom stereocenters. The summed E-state index contributed by atoms with van der Waals surface area (Å²) in [4.78, 5) is 12.1. The van der Waals surface area contributed by atoms with Gasteiger partial charge in [-0.1, -0.05) is 42.5 Å². The molecule has 0 spiro atoms. The molecule has 5 heteroatoms. The van der Waals surface area contributed by atoms with Crippen molar-refractivity contribution >= 4 is 5.91 Å². The summed E-state index contributed by atoms with van der Waals surface area (Å²) in [5, 5.41) is 4.79. The Morgan fingerprint density at radius 3 is 2.48 bits per heavy atom. The summed E-state index contributed by atoms with van der Waals surface area (Å²) in [5.74, 6) is 0.432. The average Bonchev–Trinajstić information content (AvgIpc) is 3.17.